The van der Waals surface area contributed by atoms with Gasteiger partial charge in [-0.2, -0.15) is 5.10 Å². The summed E-state index contributed by atoms with van der Waals surface area (Å²) in [4.78, 5) is 4.26. The summed E-state index contributed by atoms with van der Waals surface area (Å²) in [6.45, 7) is 3.16. The third kappa shape index (κ3) is 5.85. The highest BCUT2D eigenvalue weighted by Crippen LogP contribution is 2.25. The highest BCUT2D eigenvalue weighted by atomic mass is 32.2. The van der Waals surface area contributed by atoms with Crippen LogP contribution in [0.5, 0.6) is 0 Å². The Bertz CT molecular complexity index is 977. The predicted molar refractivity (Wildman–Crippen MR) is 126 cm³/mol. The molecular weight excluding hydrogens is 401 g/mol. The van der Waals surface area contributed by atoms with Gasteiger partial charge in [-0.3, -0.25) is 5.01 Å². The molecule has 7 N–H and O–H groups in total. The van der Waals surface area contributed by atoms with Gasteiger partial charge in [0.15, 0.2) is 5.84 Å². The Morgan fingerprint density at radius 1 is 1.27 bits per heavy atom. The highest BCUT2D eigenvalue weighted by Gasteiger charge is 2.18. The summed E-state index contributed by atoms with van der Waals surface area (Å²) in [5.41, 5.74) is 9.58. The molecule has 1 aromatic carbocycles. The van der Waals surface area contributed by atoms with Gasteiger partial charge in [-0.05, 0) is 49.8 Å². The van der Waals surface area contributed by atoms with Gasteiger partial charge in [0.2, 0.25) is 0 Å². The van der Waals surface area contributed by atoms with Crippen LogP contribution in [0.15, 0.2) is 77.5 Å². The number of nitrogen functional groups attached to an aromatic ring is 1. The zero-order valence-electron chi connectivity index (χ0n) is 17.1. The van der Waals surface area contributed by atoms with E-state index in [1.54, 1.807) is 30.5 Å². The number of benzene rings is 1. The molecule has 0 atom stereocenters. The largest absolute Gasteiger partial charge is 0.383 e. The van der Waals surface area contributed by atoms with Crippen molar-refractivity contribution in [2.24, 2.45) is 16.8 Å². The van der Waals surface area contributed by atoms with Gasteiger partial charge in [0, 0.05) is 23.7 Å². The molecule has 9 heteroatoms. The molecule has 0 fully saturated rings. The van der Waals surface area contributed by atoms with Gasteiger partial charge >= 0.3 is 0 Å². The smallest absolute Gasteiger partial charge is 0.177 e. The second-order valence-corrected chi connectivity index (χ2v) is 6.82. The van der Waals surface area contributed by atoms with Crippen molar-refractivity contribution in [3.63, 3.8) is 0 Å². The summed E-state index contributed by atoms with van der Waals surface area (Å²) in [5, 5.41) is 4.97. The number of nitrogens with one attached hydrogen (secondary N) is 1. The van der Waals surface area contributed by atoms with Crippen LogP contribution in [0, 0.1) is 0 Å². The number of hydrazone groups is 1. The molecule has 158 valence electrons. The Kier molecular flexibility index (Phi) is 8.45. The van der Waals surface area contributed by atoms with E-state index in [0.29, 0.717) is 11.3 Å². The van der Waals surface area contributed by atoms with Crippen molar-refractivity contribution in [2.45, 2.75) is 13.8 Å². The first-order valence-corrected chi connectivity index (χ1v) is 10.3. The van der Waals surface area contributed by atoms with Gasteiger partial charge in [0.05, 0.1) is 17.1 Å². The quantitative estimate of drug-likeness (QED) is 0.131. The third-order valence-electron chi connectivity index (χ3n) is 4.03. The minimum atomic E-state index is -0.420. The van der Waals surface area contributed by atoms with Gasteiger partial charge in [-0.25, -0.2) is 15.2 Å². The Balaban J connectivity index is 2.47. The number of pyridine rings is 1. The lowest BCUT2D eigenvalue weighted by molar-refractivity contribution is 0.551. The molecule has 30 heavy (non-hydrogen) atoms. The van der Waals surface area contributed by atoms with Crippen LogP contribution in [0.4, 0.5) is 15.9 Å². The molecule has 0 saturated carbocycles. The van der Waals surface area contributed by atoms with Crippen molar-refractivity contribution in [3.8, 4) is 11.1 Å². The fraction of sp³-hybridized carbons (Fsp3) is 0.143. The average molecular weight is 428 g/mol. The molecule has 1 heterocycles. The molecule has 0 aliphatic rings. The molecule has 0 unspecified atom stereocenters. The molecule has 0 spiro atoms. The fourth-order valence-corrected chi connectivity index (χ4v) is 3.01. The maximum absolute atomic E-state index is 13.6. The topological polar surface area (TPSA) is 119 Å². The molecular formula is C21H26FN7S. The van der Waals surface area contributed by atoms with Crippen molar-refractivity contribution in [1.29, 1.82) is 0 Å². The average Bonchev–Trinajstić information content (AvgIpc) is 2.73. The molecule has 0 aliphatic carbocycles. The van der Waals surface area contributed by atoms with Gasteiger partial charge in [0.1, 0.15) is 5.82 Å². The number of amidine groups is 1. The third-order valence-corrected chi connectivity index (χ3v) is 4.47. The number of halogens is 1. The summed E-state index contributed by atoms with van der Waals surface area (Å²) in [7, 11) is 0. The molecule has 1 aromatic heterocycles. The molecule has 0 bridgehead atoms. The monoisotopic (exact) mass is 427 g/mol. The van der Waals surface area contributed by atoms with E-state index in [1.807, 2.05) is 37.4 Å². The van der Waals surface area contributed by atoms with E-state index >= 15 is 0 Å². The van der Waals surface area contributed by atoms with Gasteiger partial charge < -0.3 is 16.3 Å². The standard InChI is InChI=1S/C21H26FN7S/c1-4-5-6-18(11-14(2)22)29(25)21(27-24)19-12-16(13-26-20(19)23)15-7-9-17(10-8-15)28-30-3/h4-13,28H,24-25H2,1-3H3,(H2,23,26)/b5-4-,14-11+,18-6+,27-21-. The van der Waals surface area contributed by atoms with Crippen molar-refractivity contribution >= 4 is 29.3 Å². The van der Waals surface area contributed by atoms with Crippen molar-refractivity contribution in [3.05, 3.63) is 77.9 Å². The molecule has 0 amide bonds. The van der Waals surface area contributed by atoms with E-state index in [-0.39, 0.29) is 11.7 Å². The molecule has 2 rings (SSSR count). The SMILES string of the molecule is C\C=C/C=C(\C=C(/C)F)N(N)/C(=N\N)c1cc(-c2ccc(NSC)cc2)cnc1N. The lowest BCUT2D eigenvalue weighted by atomic mass is 10.0. The maximum Gasteiger partial charge on any atom is 0.177 e. The minimum absolute atomic E-state index is 0.149. The Hall–Kier alpha value is -3.30. The summed E-state index contributed by atoms with van der Waals surface area (Å²) < 4.78 is 16.7. The van der Waals surface area contributed by atoms with Crippen molar-refractivity contribution in [2.75, 3.05) is 16.7 Å². The van der Waals surface area contributed by atoms with E-state index in [2.05, 4.69) is 14.8 Å². The number of anilines is 2. The number of nitrogens with two attached hydrogens (primary N) is 3. The number of hydrogen-bond acceptors (Lipinski definition) is 7. The number of rotatable bonds is 7. The van der Waals surface area contributed by atoms with E-state index in [9.17, 15) is 4.39 Å². The maximum atomic E-state index is 13.6. The minimum Gasteiger partial charge on any atom is -0.383 e. The summed E-state index contributed by atoms with van der Waals surface area (Å²) in [5.74, 6) is 11.8. The number of hydrogen-bond donors (Lipinski definition) is 4. The van der Waals surface area contributed by atoms with E-state index in [1.165, 1.54) is 30.0 Å². The first-order valence-electron chi connectivity index (χ1n) is 9.06. The molecule has 2 aromatic rings. The van der Waals surface area contributed by atoms with Crippen LogP contribution in [0.3, 0.4) is 0 Å². The lowest BCUT2D eigenvalue weighted by Gasteiger charge is -2.22. The van der Waals surface area contributed by atoms with Crippen LogP contribution in [-0.2, 0) is 0 Å². The van der Waals surface area contributed by atoms with E-state index in [0.717, 1.165) is 16.8 Å². The predicted octanol–water partition coefficient (Wildman–Crippen LogP) is 4.15. The summed E-state index contributed by atoms with van der Waals surface area (Å²) >= 11 is 1.51. The van der Waals surface area contributed by atoms with Gasteiger partial charge in [-0.15, -0.1) is 0 Å². The molecule has 7 nitrogen and oxygen atoms in total. The summed E-state index contributed by atoms with van der Waals surface area (Å²) in [6, 6.07) is 9.64. The van der Waals surface area contributed by atoms with E-state index < -0.39 is 5.83 Å². The Morgan fingerprint density at radius 2 is 1.97 bits per heavy atom. The second kappa shape index (κ2) is 11.0. The van der Waals surface area contributed by atoms with Crippen LogP contribution >= 0.6 is 11.9 Å². The van der Waals surface area contributed by atoms with Crippen molar-refractivity contribution < 1.29 is 4.39 Å². The van der Waals surface area contributed by atoms with Gasteiger partial charge in [-0.1, -0.05) is 36.2 Å². The summed E-state index contributed by atoms with van der Waals surface area (Å²) in [6.07, 6.45) is 10.0. The number of nitrogens with zero attached hydrogens (tertiary/aromatic N) is 3. The first kappa shape index (κ1) is 23.0. The Morgan fingerprint density at radius 3 is 2.53 bits per heavy atom. The molecule has 0 saturated heterocycles. The van der Waals surface area contributed by atoms with Crippen LogP contribution in [0.25, 0.3) is 11.1 Å². The Labute approximate surface area is 180 Å². The fourth-order valence-electron chi connectivity index (χ4n) is 2.64. The van der Waals surface area contributed by atoms with Crippen molar-refractivity contribution in [1.82, 2.24) is 9.99 Å². The van der Waals surface area contributed by atoms with Crippen LogP contribution in [0.2, 0.25) is 0 Å². The van der Waals surface area contributed by atoms with E-state index in [4.69, 9.17) is 17.4 Å². The number of aromatic nitrogens is 1. The van der Waals surface area contributed by atoms with Crippen LogP contribution in [-0.4, -0.2) is 22.1 Å². The van der Waals surface area contributed by atoms with Gasteiger partial charge in [0.25, 0.3) is 0 Å². The second-order valence-electron chi connectivity index (χ2n) is 6.21. The van der Waals surface area contributed by atoms with Crippen LogP contribution < -0.4 is 22.1 Å². The van der Waals surface area contributed by atoms with Crippen LogP contribution in [0.1, 0.15) is 19.4 Å². The zero-order chi connectivity index (χ0) is 22.1. The normalized spacial score (nSPS) is 13.0. The number of allylic oxidation sites excluding steroid dienone is 5. The molecule has 0 aliphatic heterocycles. The first-order chi connectivity index (χ1) is 14.4. The number of hydrazine groups is 1. The lowest BCUT2D eigenvalue weighted by Crippen LogP contribution is -2.38. The highest BCUT2D eigenvalue weighted by molar-refractivity contribution is 7.99. The zero-order valence-corrected chi connectivity index (χ0v) is 17.9. The molecule has 0 radical (unpaired) electrons.